The molecule has 2 nitrogen and oxygen atoms in total. The molecule has 0 amide bonds. The summed E-state index contributed by atoms with van der Waals surface area (Å²) in [6.45, 7) is 0.302. The Morgan fingerprint density at radius 1 is 1.64 bits per heavy atom. The number of hydrogen-bond donors (Lipinski definition) is 0. The quantitative estimate of drug-likeness (QED) is 0.671. The van der Waals surface area contributed by atoms with Gasteiger partial charge in [0.2, 0.25) is 0 Å². The van der Waals surface area contributed by atoms with Crippen LogP contribution < -0.4 is 0 Å². The van der Waals surface area contributed by atoms with Gasteiger partial charge < -0.3 is 0 Å². The zero-order chi connectivity index (χ0) is 7.84. The summed E-state index contributed by atoms with van der Waals surface area (Å²) in [5.74, 6) is 0.115. The molecule has 0 radical (unpaired) electrons. The highest BCUT2D eigenvalue weighted by atomic mass is 79.9. The number of thiophene rings is 1. The maximum atomic E-state index is 11.2. The van der Waals surface area contributed by atoms with Gasteiger partial charge >= 0.3 is 0 Å². The van der Waals surface area contributed by atoms with E-state index in [0.717, 1.165) is 14.2 Å². The lowest BCUT2D eigenvalue weighted by Crippen LogP contribution is -2.08. The van der Waals surface area contributed by atoms with Crippen molar-refractivity contribution in [3.8, 4) is 0 Å². The first-order valence-electron chi connectivity index (χ1n) is 3.10. The molecule has 0 spiro atoms. The van der Waals surface area contributed by atoms with Crippen LogP contribution in [0.25, 0.3) is 0 Å². The molecule has 0 bridgehead atoms. The minimum atomic E-state index is 0.115. The molecule has 4 heteroatoms. The predicted molar refractivity (Wildman–Crippen MR) is 48.8 cm³/mol. The van der Waals surface area contributed by atoms with Crippen LogP contribution in [0.5, 0.6) is 0 Å². The van der Waals surface area contributed by atoms with Crippen molar-refractivity contribution in [2.45, 2.75) is 0 Å². The van der Waals surface area contributed by atoms with Crippen molar-refractivity contribution in [1.82, 2.24) is 0 Å². The van der Waals surface area contributed by atoms with Gasteiger partial charge in [0.1, 0.15) is 6.54 Å². The first-order chi connectivity index (χ1) is 5.27. The van der Waals surface area contributed by atoms with E-state index in [1.807, 2.05) is 6.07 Å². The summed E-state index contributed by atoms with van der Waals surface area (Å²) in [5.41, 5.74) is 0.803. The SMILES string of the molecule is O=C1CN=Cc2sc(Br)cc21. The number of hydrogen-bond acceptors (Lipinski definition) is 3. The molecule has 0 aromatic carbocycles. The molecule has 1 aromatic heterocycles. The van der Waals surface area contributed by atoms with Crippen LogP contribution in [0.1, 0.15) is 15.2 Å². The molecule has 0 N–H and O–H groups in total. The zero-order valence-corrected chi connectivity index (χ0v) is 7.91. The van der Waals surface area contributed by atoms with Crippen LogP contribution in [-0.2, 0) is 0 Å². The summed E-state index contributed by atoms with van der Waals surface area (Å²) >= 11 is 4.86. The van der Waals surface area contributed by atoms with Gasteiger partial charge in [-0.1, -0.05) is 0 Å². The van der Waals surface area contributed by atoms with Crippen molar-refractivity contribution in [2.75, 3.05) is 6.54 Å². The monoisotopic (exact) mass is 229 g/mol. The molecule has 1 aliphatic heterocycles. The summed E-state index contributed by atoms with van der Waals surface area (Å²) in [6, 6.07) is 1.85. The van der Waals surface area contributed by atoms with Crippen LogP contribution in [0, 0.1) is 0 Å². The van der Waals surface area contributed by atoms with E-state index in [0.29, 0.717) is 6.54 Å². The third kappa shape index (κ3) is 1.16. The molecule has 0 saturated carbocycles. The fraction of sp³-hybridized carbons (Fsp3) is 0.143. The fourth-order valence-electron chi connectivity index (χ4n) is 0.985. The average Bonchev–Trinajstić information content (AvgIpc) is 2.31. The number of ketones is 1. The summed E-state index contributed by atoms with van der Waals surface area (Å²) < 4.78 is 0.990. The summed E-state index contributed by atoms with van der Waals surface area (Å²) in [5, 5.41) is 0. The van der Waals surface area contributed by atoms with Crippen molar-refractivity contribution < 1.29 is 4.79 Å². The van der Waals surface area contributed by atoms with E-state index in [1.54, 1.807) is 17.6 Å². The van der Waals surface area contributed by atoms with Gasteiger partial charge in [0, 0.05) is 11.8 Å². The summed E-state index contributed by atoms with van der Waals surface area (Å²) in [7, 11) is 0. The molecule has 2 rings (SSSR count). The molecule has 56 valence electrons. The van der Waals surface area contributed by atoms with Gasteiger partial charge in [0.15, 0.2) is 5.78 Å². The van der Waals surface area contributed by atoms with Crippen molar-refractivity contribution in [2.24, 2.45) is 4.99 Å². The lowest BCUT2D eigenvalue weighted by atomic mass is 10.1. The molecular formula is C7H4BrNOS. The number of nitrogens with zero attached hydrogens (tertiary/aromatic N) is 1. The van der Waals surface area contributed by atoms with Gasteiger partial charge in [-0.3, -0.25) is 9.79 Å². The highest BCUT2D eigenvalue weighted by molar-refractivity contribution is 9.11. The topological polar surface area (TPSA) is 29.4 Å². The second-order valence-electron chi connectivity index (χ2n) is 2.22. The predicted octanol–water partition coefficient (Wildman–Crippen LogP) is 2.13. The van der Waals surface area contributed by atoms with E-state index >= 15 is 0 Å². The van der Waals surface area contributed by atoms with Crippen LogP contribution >= 0.6 is 27.3 Å². The Balaban J connectivity index is 2.62. The van der Waals surface area contributed by atoms with E-state index in [1.165, 1.54) is 0 Å². The number of fused-ring (bicyclic) bond motifs is 1. The largest absolute Gasteiger partial charge is 0.292 e. The number of halogens is 1. The lowest BCUT2D eigenvalue weighted by molar-refractivity contribution is 0.100. The Morgan fingerprint density at radius 3 is 3.18 bits per heavy atom. The second kappa shape index (κ2) is 2.53. The van der Waals surface area contributed by atoms with Gasteiger partial charge in [-0.2, -0.15) is 0 Å². The Morgan fingerprint density at radius 2 is 2.45 bits per heavy atom. The first kappa shape index (κ1) is 7.18. The van der Waals surface area contributed by atoms with E-state index < -0.39 is 0 Å². The Bertz CT molecular complexity index is 342. The molecule has 2 heterocycles. The van der Waals surface area contributed by atoms with Crippen LogP contribution in [-0.4, -0.2) is 18.5 Å². The fourth-order valence-corrected chi connectivity index (χ4v) is 2.53. The molecular weight excluding hydrogens is 226 g/mol. The molecule has 1 aromatic rings. The Kier molecular flexibility index (Phi) is 1.65. The number of aliphatic imine (C=N–C) groups is 1. The van der Waals surface area contributed by atoms with E-state index in [9.17, 15) is 4.79 Å². The van der Waals surface area contributed by atoms with E-state index in [2.05, 4.69) is 20.9 Å². The molecule has 0 aliphatic carbocycles. The van der Waals surface area contributed by atoms with Gasteiger partial charge in [0.25, 0.3) is 0 Å². The second-order valence-corrected chi connectivity index (χ2v) is 4.68. The van der Waals surface area contributed by atoms with Crippen molar-refractivity contribution in [3.05, 3.63) is 20.3 Å². The number of carbonyl (C=O) groups is 1. The van der Waals surface area contributed by atoms with Crippen molar-refractivity contribution in [3.63, 3.8) is 0 Å². The molecule has 0 atom stereocenters. The number of Topliss-reactive ketones (excluding diaryl/α,β-unsaturated/α-hetero) is 1. The number of carbonyl (C=O) groups excluding carboxylic acids is 1. The van der Waals surface area contributed by atoms with Crippen molar-refractivity contribution >= 4 is 39.3 Å². The molecule has 1 aliphatic rings. The first-order valence-corrected chi connectivity index (χ1v) is 4.70. The zero-order valence-electron chi connectivity index (χ0n) is 5.50. The van der Waals surface area contributed by atoms with Gasteiger partial charge in [-0.05, 0) is 22.0 Å². The van der Waals surface area contributed by atoms with Gasteiger partial charge in [0.05, 0.1) is 8.66 Å². The third-order valence-electron chi connectivity index (χ3n) is 1.47. The highest BCUT2D eigenvalue weighted by Crippen LogP contribution is 2.27. The minimum absolute atomic E-state index is 0.115. The van der Waals surface area contributed by atoms with Crippen LogP contribution in [0.3, 0.4) is 0 Å². The maximum absolute atomic E-state index is 11.2. The lowest BCUT2D eigenvalue weighted by Gasteiger charge is -2.00. The van der Waals surface area contributed by atoms with E-state index in [4.69, 9.17) is 0 Å². The smallest absolute Gasteiger partial charge is 0.185 e. The van der Waals surface area contributed by atoms with Crippen LogP contribution in [0.15, 0.2) is 14.8 Å². The maximum Gasteiger partial charge on any atom is 0.185 e. The van der Waals surface area contributed by atoms with Gasteiger partial charge in [-0.15, -0.1) is 11.3 Å². The third-order valence-corrected chi connectivity index (χ3v) is 3.05. The average molecular weight is 230 g/mol. The summed E-state index contributed by atoms with van der Waals surface area (Å²) in [4.78, 5) is 16.1. The molecule has 0 saturated heterocycles. The standard InChI is InChI=1S/C7H4BrNOS/c8-7-1-4-5(10)2-9-3-6(4)11-7/h1,3H,2H2. The molecule has 0 fully saturated rings. The van der Waals surface area contributed by atoms with E-state index in [-0.39, 0.29) is 5.78 Å². The normalized spacial score (nSPS) is 15.2. The Hall–Kier alpha value is -0.480. The summed E-state index contributed by atoms with van der Waals surface area (Å²) in [6.07, 6.45) is 1.76. The highest BCUT2D eigenvalue weighted by Gasteiger charge is 2.16. The van der Waals surface area contributed by atoms with Crippen molar-refractivity contribution in [1.29, 1.82) is 0 Å². The van der Waals surface area contributed by atoms with Crippen LogP contribution in [0.4, 0.5) is 0 Å². The minimum Gasteiger partial charge on any atom is -0.292 e. The molecule has 0 unspecified atom stereocenters. The Labute approximate surface area is 76.1 Å². The number of rotatable bonds is 0. The van der Waals surface area contributed by atoms with Gasteiger partial charge in [-0.25, -0.2) is 0 Å². The van der Waals surface area contributed by atoms with Crippen LogP contribution in [0.2, 0.25) is 0 Å². The molecule has 11 heavy (non-hydrogen) atoms.